The molecule has 2 rings (SSSR count). The van der Waals surface area contributed by atoms with E-state index in [1.165, 1.54) is 0 Å². The molecule has 0 bridgehead atoms. The lowest BCUT2D eigenvalue weighted by Crippen LogP contribution is -2.24. The van der Waals surface area contributed by atoms with Gasteiger partial charge in [-0.05, 0) is 12.1 Å². The van der Waals surface area contributed by atoms with Crippen LogP contribution >= 0.6 is 0 Å². The van der Waals surface area contributed by atoms with Gasteiger partial charge in [0.15, 0.2) is 0 Å². The Morgan fingerprint density at radius 2 is 1.90 bits per heavy atom. The highest BCUT2D eigenvalue weighted by Crippen LogP contribution is 2.28. The van der Waals surface area contributed by atoms with Crippen molar-refractivity contribution in [3.8, 4) is 11.8 Å². The van der Waals surface area contributed by atoms with Crippen molar-refractivity contribution in [2.24, 2.45) is 0 Å². The number of ether oxygens (including phenoxy) is 2. The van der Waals surface area contributed by atoms with E-state index in [0.717, 1.165) is 17.8 Å². The summed E-state index contributed by atoms with van der Waals surface area (Å²) in [7, 11) is 3.14. The van der Waals surface area contributed by atoms with Crippen molar-refractivity contribution in [3.05, 3.63) is 47.8 Å². The average Bonchev–Trinajstić information content (AvgIpc) is 2.53. The third-order valence-electron chi connectivity index (χ3n) is 2.96. The zero-order chi connectivity index (χ0) is 14.4. The molecule has 0 aliphatic rings. The van der Waals surface area contributed by atoms with Crippen LogP contribution in [0, 0.1) is 0 Å². The molecule has 2 aromatic rings. The smallest absolute Gasteiger partial charge is 0.240 e. The summed E-state index contributed by atoms with van der Waals surface area (Å²) < 4.78 is 10.4. The standard InChI is InChI=1S/C15H19N3O2/c1-4-16-13(11-8-6-5-7-9-11)14-15(20-3)18-12(19-2)10-17-14/h5-10,13,16H,4H2,1-3H3. The van der Waals surface area contributed by atoms with Gasteiger partial charge in [-0.1, -0.05) is 37.3 Å². The molecule has 0 saturated heterocycles. The van der Waals surface area contributed by atoms with E-state index in [0.29, 0.717) is 11.8 Å². The number of nitrogens with zero attached hydrogens (tertiary/aromatic N) is 2. The van der Waals surface area contributed by atoms with Crippen LogP contribution < -0.4 is 14.8 Å². The minimum atomic E-state index is -0.0606. The van der Waals surface area contributed by atoms with E-state index < -0.39 is 0 Å². The van der Waals surface area contributed by atoms with Crippen LogP contribution in [0.1, 0.15) is 24.2 Å². The Kier molecular flexibility index (Phi) is 4.90. The maximum absolute atomic E-state index is 5.34. The maximum Gasteiger partial charge on any atom is 0.240 e. The highest BCUT2D eigenvalue weighted by atomic mass is 16.5. The quantitative estimate of drug-likeness (QED) is 0.874. The second-order valence-electron chi connectivity index (χ2n) is 4.21. The van der Waals surface area contributed by atoms with E-state index in [9.17, 15) is 0 Å². The normalized spacial score (nSPS) is 11.9. The topological polar surface area (TPSA) is 56.3 Å². The Morgan fingerprint density at radius 1 is 1.15 bits per heavy atom. The van der Waals surface area contributed by atoms with Crippen molar-refractivity contribution < 1.29 is 9.47 Å². The van der Waals surface area contributed by atoms with Gasteiger partial charge in [-0.15, -0.1) is 0 Å². The fourth-order valence-corrected chi connectivity index (χ4v) is 2.03. The first-order chi connectivity index (χ1) is 9.80. The second kappa shape index (κ2) is 6.86. The summed E-state index contributed by atoms with van der Waals surface area (Å²) >= 11 is 0. The van der Waals surface area contributed by atoms with E-state index in [2.05, 4.69) is 34.3 Å². The highest BCUT2D eigenvalue weighted by molar-refractivity contribution is 5.34. The van der Waals surface area contributed by atoms with Crippen LogP contribution in [0.3, 0.4) is 0 Å². The van der Waals surface area contributed by atoms with Gasteiger partial charge in [0, 0.05) is 0 Å². The van der Waals surface area contributed by atoms with Gasteiger partial charge >= 0.3 is 0 Å². The van der Waals surface area contributed by atoms with Crippen LogP contribution in [0.5, 0.6) is 11.8 Å². The fraction of sp³-hybridized carbons (Fsp3) is 0.333. The molecule has 1 aromatic carbocycles. The minimum Gasteiger partial charge on any atom is -0.480 e. The number of rotatable bonds is 6. The minimum absolute atomic E-state index is 0.0606. The van der Waals surface area contributed by atoms with Crippen molar-refractivity contribution in [3.63, 3.8) is 0 Å². The van der Waals surface area contributed by atoms with Crippen LogP contribution in [-0.2, 0) is 0 Å². The van der Waals surface area contributed by atoms with Gasteiger partial charge in [0.2, 0.25) is 11.8 Å². The van der Waals surface area contributed by atoms with Crippen molar-refractivity contribution >= 4 is 0 Å². The molecule has 0 aliphatic carbocycles. The lowest BCUT2D eigenvalue weighted by molar-refractivity contribution is 0.352. The number of aromatic nitrogens is 2. The Hall–Kier alpha value is -2.14. The van der Waals surface area contributed by atoms with Gasteiger partial charge < -0.3 is 14.8 Å². The van der Waals surface area contributed by atoms with Crippen LogP contribution in [0.4, 0.5) is 0 Å². The number of hydrogen-bond donors (Lipinski definition) is 1. The molecule has 0 amide bonds. The molecule has 5 heteroatoms. The second-order valence-corrected chi connectivity index (χ2v) is 4.21. The monoisotopic (exact) mass is 273 g/mol. The van der Waals surface area contributed by atoms with E-state index >= 15 is 0 Å². The zero-order valence-electron chi connectivity index (χ0n) is 12.0. The third-order valence-corrected chi connectivity index (χ3v) is 2.96. The molecule has 0 spiro atoms. The SMILES string of the molecule is CCNC(c1ccccc1)c1ncc(OC)nc1OC. The predicted molar refractivity (Wildman–Crippen MR) is 77.1 cm³/mol. The lowest BCUT2D eigenvalue weighted by atomic mass is 10.0. The number of hydrogen-bond acceptors (Lipinski definition) is 5. The van der Waals surface area contributed by atoms with Crippen molar-refractivity contribution in [2.45, 2.75) is 13.0 Å². The van der Waals surface area contributed by atoms with Crippen LogP contribution in [0.2, 0.25) is 0 Å². The molecule has 1 N–H and O–H groups in total. The van der Waals surface area contributed by atoms with Gasteiger partial charge in [-0.2, -0.15) is 4.98 Å². The molecule has 1 heterocycles. The lowest BCUT2D eigenvalue weighted by Gasteiger charge is -2.19. The molecule has 0 radical (unpaired) electrons. The molecule has 0 saturated carbocycles. The van der Waals surface area contributed by atoms with Crippen LogP contribution in [0.25, 0.3) is 0 Å². The first kappa shape index (κ1) is 14.3. The number of methoxy groups -OCH3 is 2. The number of benzene rings is 1. The molecule has 0 aliphatic heterocycles. The predicted octanol–water partition coefficient (Wildman–Crippen LogP) is 2.19. The third kappa shape index (κ3) is 3.05. The van der Waals surface area contributed by atoms with E-state index in [4.69, 9.17) is 9.47 Å². The molecule has 0 fully saturated rings. The van der Waals surface area contributed by atoms with Crippen molar-refractivity contribution in [2.75, 3.05) is 20.8 Å². The molecule has 1 unspecified atom stereocenters. The maximum atomic E-state index is 5.34. The van der Waals surface area contributed by atoms with Crippen molar-refractivity contribution in [1.82, 2.24) is 15.3 Å². The molecule has 1 atom stereocenters. The fourth-order valence-electron chi connectivity index (χ4n) is 2.03. The molecule has 20 heavy (non-hydrogen) atoms. The summed E-state index contributed by atoms with van der Waals surface area (Å²) in [6.45, 7) is 2.87. The van der Waals surface area contributed by atoms with Gasteiger partial charge in [0.1, 0.15) is 5.69 Å². The van der Waals surface area contributed by atoms with Gasteiger partial charge in [-0.25, -0.2) is 4.98 Å². The van der Waals surface area contributed by atoms with Gasteiger partial charge in [-0.3, -0.25) is 0 Å². The Balaban J connectivity index is 2.44. The number of nitrogens with one attached hydrogen (secondary N) is 1. The summed E-state index contributed by atoms with van der Waals surface area (Å²) in [4.78, 5) is 8.73. The van der Waals surface area contributed by atoms with Crippen LogP contribution in [0.15, 0.2) is 36.5 Å². The molecule has 5 nitrogen and oxygen atoms in total. The summed E-state index contributed by atoms with van der Waals surface area (Å²) in [5, 5.41) is 3.40. The van der Waals surface area contributed by atoms with E-state index in [1.807, 2.05) is 18.2 Å². The zero-order valence-corrected chi connectivity index (χ0v) is 12.0. The van der Waals surface area contributed by atoms with Gasteiger partial charge in [0.25, 0.3) is 0 Å². The first-order valence-electron chi connectivity index (χ1n) is 6.53. The van der Waals surface area contributed by atoms with Crippen molar-refractivity contribution in [1.29, 1.82) is 0 Å². The van der Waals surface area contributed by atoms with E-state index in [1.54, 1.807) is 20.4 Å². The molecular weight excluding hydrogens is 254 g/mol. The first-order valence-corrected chi connectivity index (χ1v) is 6.53. The highest BCUT2D eigenvalue weighted by Gasteiger charge is 2.20. The van der Waals surface area contributed by atoms with E-state index in [-0.39, 0.29) is 6.04 Å². The molecule has 106 valence electrons. The Morgan fingerprint density at radius 3 is 2.50 bits per heavy atom. The summed E-state index contributed by atoms with van der Waals surface area (Å²) in [5.41, 5.74) is 1.87. The summed E-state index contributed by atoms with van der Waals surface area (Å²) in [5.74, 6) is 0.910. The summed E-state index contributed by atoms with van der Waals surface area (Å²) in [6.07, 6.45) is 1.60. The molecular formula is C15H19N3O2. The largest absolute Gasteiger partial charge is 0.480 e. The Bertz CT molecular complexity index is 546. The van der Waals surface area contributed by atoms with Crippen LogP contribution in [-0.4, -0.2) is 30.7 Å². The van der Waals surface area contributed by atoms with Gasteiger partial charge in [0.05, 0.1) is 26.5 Å². The average molecular weight is 273 g/mol. The summed E-state index contributed by atoms with van der Waals surface area (Å²) in [6, 6.07) is 10.0. The Labute approximate surface area is 119 Å². The molecule has 1 aromatic heterocycles.